The molecule has 3 nitrogen and oxygen atoms in total. The van der Waals surface area contributed by atoms with Crippen molar-refractivity contribution in [2.75, 3.05) is 18.4 Å². The highest BCUT2D eigenvalue weighted by Gasteiger charge is 2.27. The number of halogens is 1. The van der Waals surface area contributed by atoms with Crippen molar-refractivity contribution in [3.8, 4) is 0 Å². The van der Waals surface area contributed by atoms with Gasteiger partial charge in [-0.25, -0.2) is 4.39 Å². The number of nitrogens with one attached hydrogen (secondary N) is 1. The van der Waals surface area contributed by atoms with Gasteiger partial charge in [-0.05, 0) is 49.2 Å². The van der Waals surface area contributed by atoms with E-state index in [1.165, 1.54) is 17.7 Å². The third kappa shape index (κ3) is 3.52. The summed E-state index contributed by atoms with van der Waals surface area (Å²) in [5, 5.41) is 2.82. The summed E-state index contributed by atoms with van der Waals surface area (Å²) in [5.41, 5.74) is 1.89. The first-order valence-electron chi connectivity index (χ1n) is 7.57. The highest BCUT2D eigenvalue weighted by molar-refractivity contribution is 5.92. The van der Waals surface area contributed by atoms with Gasteiger partial charge in [-0.15, -0.1) is 0 Å². The number of benzene rings is 2. The van der Waals surface area contributed by atoms with Gasteiger partial charge in [0, 0.05) is 11.7 Å². The summed E-state index contributed by atoms with van der Waals surface area (Å²) in [6.07, 6.45) is 2.18. The SMILES string of the molecule is O=C(CN1CCC[C@@H]1c1ccccc1)Nc1ccc(F)cc1. The fraction of sp³-hybridized carbons (Fsp3) is 0.278. The number of likely N-dealkylation sites (tertiary alicyclic amines) is 1. The van der Waals surface area contributed by atoms with Gasteiger partial charge in [-0.1, -0.05) is 30.3 Å². The molecule has 0 aromatic heterocycles. The minimum absolute atomic E-state index is 0.0607. The van der Waals surface area contributed by atoms with Gasteiger partial charge in [0.05, 0.1) is 6.54 Å². The monoisotopic (exact) mass is 298 g/mol. The van der Waals surface area contributed by atoms with E-state index >= 15 is 0 Å². The Hall–Kier alpha value is -2.20. The molecular formula is C18H19FN2O. The van der Waals surface area contributed by atoms with Crippen LogP contribution in [-0.2, 0) is 4.79 Å². The van der Waals surface area contributed by atoms with Crippen molar-refractivity contribution in [2.24, 2.45) is 0 Å². The Morgan fingerprint density at radius 2 is 1.86 bits per heavy atom. The number of carbonyl (C=O) groups excluding carboxylic acids is 1. The van der Waals surface area contributed by atoms with E-state index in [4.69, 9.17) is 0 Å². The number of rotatable bonds is 4. The zero-order chi connectivity index (χ0) is 15.4. The van der Waals surface area contributed by atoms with Gasteiger partial charge in [0.1, 0.15) is 5.82 Å². The predicted molar refractivity (Wildman–Crippen MR) is 85.0 cm³/mol. The Bertz CT molecular complexity index is 627. The highest BCUT2D eigenvalue weighted by Crippen LogP contribution is 2.31. The molecule has 0 radical (unpaired) electrons. The molecule has 22 heavy (non-hydrogen) atoms. The van der Waals surface area contributed by atoms with Crippen LogP contribution in [0.2, 0.25) is 0 Å². The minimum Gasteiger partial charge on any atom is -0.325 e. The van der Waals surface area contributed by atoms with Gasteiger partial charge in [0.25, 0.3) is 0 Å². The van der Waals surface area contributed by atoms with E-state index in [1.807, 2.05) is 18.2 Å². The van der Waals surface area contributed by atoms with Gasteiger partial charge < -0.3 is 5.32 Å². The predicted octanol–water partition coefficient (Wildman–Crippen LogP) is 3.60. The number of hydrogen-bond acceptors (Lipinski definition) is 2. The Morgan fingerprint density at radius 1 is 1.14 bits per heavy atom. The number of nitrogens with zero attached hydrogens (tertiary/aromatic N) is 1. The maximum absolute atomic E-state index is 12.9. The number of anilines is 1. The molecule has 4 heteroatoms. The van der Waals surface area contributed by atoms with Crippen LogP contribution in [0.4, 0.5) is 10.1 Å². The van der Waals surface area contributed by atoms with Crippen LogP contribution in [0, 0.1) is 5.82 Å². The fourth-order valence-electron chi connectivity index (χ4n) is 2.99. The van der Waals surface area contributed by atoms with Crippen LogP contribution in [0.25, 0.3) is 0 Å². The topological polar surface area (TPSA) is 32.3 Å². The first-order chi connectivity index (χ1) is 10.7. The third-order valence-corrected chi connectivity index (χ3v) is 4.02. The van der Waals surface area contributed by atoms with Crippen molar-refractivity contribution >= 4 is 11.6 Å². The van der Waals surface area contributed by atoms with Crippen LogP contribution in [-0.4, -0.2) is 23.9 Å². The smallest absolute Gasteiger partial charge is 0.238 e. The second-order valence-electron chi connectivity index (χ2n) is 5.59. The molecule has 1 saturated heterocycles. The summed E-state index contributed by atoms with van der Waals surface area (Å²) < 4.78 is 12.9. The third-order valence-electron chi connectivity index (χ3n) is 4.02. The maximum atomic E-state index is 12.9. The second kappa shape index (κ2) is 6.71. The van der Waals surface area contributed by atoms with Crippen LogP contribution in [0.1, 0.15) is 24.4 Å². The Balaban J connectivity index is 1.62. The average Bonchev–Trinajstić information content (AvgIpc) is 2.98. The summed E-state index contributed by atoms with van der Waals surface area (Å²) >= 11 is 0. The molecule has 1 aliphatic rings. The van der Waals surface area contributed by atoms with Crippen LogP contribution >= 0.6 is 0 Å². The average molecular weight is 298 g/mol. The molecular weight excluding hydrogens is 279 g/mol. The summed E-state index contributed by atoms with van der Waals surface area (Å²) in [6, 6.07) is 16.4. The van der Waals surface area contributed by atoms with E-state index in [2.05, 4.69) is 22.3 Å². The van der Waals surface area contributed by atoms with Crippen LogP contribution < -0.4 is 5.32 Å². The van der Waals surface area contributed by atoms with Gasteiger partial charge in [0.2, 0.25) is 5.91 Å². The summed E-state index contributed by atoms with van der Waals surface area (Å²) in [4.78, 5) is 14.4. The van der Waals surface area contributed by atoms with Gasteiger partial charge in [-0.2, -0.15) is 0 Å². The van der Waals surface area contributed by atoms with Crippen molar-refractivity contribution < 1.29 is 9.18 Å². The second-order valence-corrected chi connectivity index (χ2v) is 5.59. The maximum Gasteiger partial charge on any atom is 0.238 e. The molecule has 2 aromatic carbocycles. The largest absolute Gasteiger partial charge is 0.325 e. The van der Waals surface area contributed by atoms with Crippen LogP contribution in [0.3, 0.4) is 0 Å². The summed E-state index contributed by atoms with van der Waals surface area (Å²) in [7, 11) is 0. The standard InChI is InChI=1S/C18H19FN2O/c19-15-8-10-16(11-9-15)20-18(22)13-21-12-4-7-17(21)14-5-2-1-3-6-14/h1-3,5-6,8-11,17H,4,7,12-13H2,(H,20,22)/t17-/m1/s1. The molecule has 3 rings (SSSR count). The molecule has 2 aromatic rings. The van der Waals surface area contributed by atoms with Crippen LogP contribution in [0.5, 0.6) is 0 Å². The van der Waals surface area contributed by atoms with Crippen molar-refractivity contribution in [3.05, 3.63) is 66.0 Å². The molecule has 0 unspecified atom stereocenters. The zero-order valence-electron chi connectivity index (χ0n) is 12.3. The van der Waals surface area contributed by atoms with E-state index in [9.17, 15) is 9.18 Å². The Kier molecular flexibility index (Phi) is 4.49. The minimum atomic E-state index is -0.304. The lowest BCUT2D eigenvalue weighted by Crippen LogP contribution is -2.32. The van der Waals surface area contributed by atoms with Gasteiger partial charge in [-0.3, -0.25) is 9.69 Å². The van der Waals surface area contributed by atoms with E-state index in [0.29, 0.717) is 18.3 Å². The Morgan fingerprint density at radius 3 is 2.59 bits per heavy atom. The van der Waals surface area contributed by atoms with Gasteiger partial charge in [0.15, 0.2) is 0 Å². The number of hydrogen-bond donors (Lipinski definition) is 1. The number of amides is 1. The van der Waals surface area contributed by atoms with Crippen molar-refractivity contribution in [2.45, 2.75) is 18.9 Å². The highest BCUT2D eigenvalue weighted by atomic mass is 19.1. The fourth-order valence-corrected chi connectivity index (χ4v) is 2.99. The molecule has 1 amide bonds. The van der Waals surface area contributed by atoms with Crippen molar-refractivity contribution in [1.82, 2.24) is 4.90 Å². The molecule has 0 bridgehead atoms. The van der Waals surface area contributed by atoms with Crippen LogP contribution in [0.15, 0.2) is 54.6 Å². The lowest BCUT2D eigenvalue weighted by Gasteiger charge is -2.24. The molecule has 1 atom stereocenters. The molecule has 1 aliphatic heterocycles. The lowest BCUT2D eigenvalue weighted by molar-refractivity contribution is -0.117. The van der Waals surface area contributed by atoms with Crippen molar-refractivity contribution in [1.29, 1.82) is 0 Å². The quantitative estimate of drug-likeness (QED) is 0.935. The lowest BCUT2D eigenvalue weighted by atomic mass is 10.0. The molecule has 1 heterocycles. The molecule has 1 fully saturated rings. The van der Waals surface area contributed by atoms with E-state index in [-0.39, 0.29) is 11.7 Å². The van der Waals surface area contributed by atoms with Gasteiger partial charge >= 0.3 is 0 Å². The Labute approximate surface area is 129 Å². The summed E-state index contributed by atoms with van der Waals surface area (Å²) in [5.74, 6) is -0.365. The van der Waals surface area contributed by atoms with E-state index in [1.54, 1.807) is 12.1 Å². The molecule has 0 aliphatic carbocycles. The van der Waals surface area contributed by atoms with E-state index in [0.717, 1.165) is 19.4 Å². The normalized spacial score (nSPS) is 18.3. The molecule has 0 spiro atoms. The number of carbonyl (C=O) groups is 1. The van der Waals surface area contributed by atoms with E-state index < -0.39 is 0 Å². The molecule has 1 N–H and O–H groups in total. The molecule has 0 saturated carbocycles. The molecule has 114 valence electrons. The first-order valence-corrected chi connectivity index (χ1v) is 7.57. The first kappa shape index (κ1) is 14.7. The zero-order valence-corrected chi connectivity index (χ0v) is 12.3. The summed E-state index contributed by atoms with van der Waals surface area (Å²) in [6.45, 7) is 1.29. The van der Waals surface area contributed by atoms with Crippen molar-refractivity contribution in [3.63, 3.8) is 0 Å².